The van der Waals surface area contributed by atoms with Crippen molar-refractivity contribution in [3.8, 4) is 11.8 Å². The number of ether oxygens (including phenoxy) is 2. The zero-order valence-corrected chi connectivity index (χ0v) is 19.4. The maximum Gasteiger partial charge on any atom is 0.215 e. The third-order valence-corrected chi connectivity index (χ3v) is 6.59. The molecule has 2 aliphatic rings. The molecule has 6 heteroatoms. The van der Waals surface area contributed by atoms with E-state index in [0.29, 0.717) is 24.0 Å². The number of benzene rings is 1. The van der Waals surface area contributed by atoms with E-state index in [9.17, 15) is 0 Å². The minimum atomic E-state index is 0.566. The van der Waals surface area contributed by atoms with Gasteiger partial charge in [0.25, 0.3) is 0 Å². The van der Waals surface area contributed by atoms with Crippen LogP contribution in [0.3, 0.4) is 0 Å². The molecule has 1 aliphatic carbocycles. The highest BCUT2D eigenvalue weighted by Gasteiger charge is 2.22. The van der Waals surface area contributed by atoms with Gasteiger partial charge in [-0.25, -0.2) is 0 Å². The number of aryl methyl sites for hydroxylation is 1. The fourth-order valence-electron chi connectivity index (χ4n) is 4.75. The predicted octanol–water partition coefficient (Wildman–Crippen LogP) is 4.40. The number of hydrogen-bond donors (Lipinski definition) is 0. The van der Waals surface area contributed by atoms with Gasteiger partial charge in [-0.15, -0.1) is 0 Å². The normalized spacial score (nSPS) is 16.4. The van der Waals surface area contributed by atoms with Crippen molar-refractivity contribution in [3.63, 3.8) is 0 Å². The SMILES string of the molecule is COc1ccc2ccc(OCCCCN3CCN(C4=CCCc5ccccc54)CC3)nc2n1. The summed E-state index contributed by atoms with van der Waals surface area (Å²) in [4.78, 5) is 14.0. The molecule has 0 unspecified atom stereocenters. The fraction of sp³-hybridized carbons (Fsp3) is 0.407. The Labute approximate surface area is 195 Å². The second-order valence-corrected chi connectivity index (χ2v) is 8.72. The summed E-state index contributed by atoms with van der Waals surface area (Å²) >= 11 is 0. The van der Waals surface area contributed by atoms with Crippen LogP contribution in [0.15, 0.2) is 54.6 Å². The number of methoxy groups -OCH3 is 1. The summed E-state index contributed by atoms with van der Waals surface area (Å²) in [6.07, 6.45) is 6.90. The molecule has 0 radical (unpaired) electrons. The van der Waals surface area contributed by atoms with Gasteiger partial charge >= 0.3 is 0 Å². The number of hydrogen-bond acceptors (Lipinski definition) is 6. The maximum absolute atomic E-state index is 5.88. The lowest BCUT2D eigenvalue weighted by Gasteiger charge is -2.38. The van der Waals surface area contributed by atoms with E-state index in [4.69, 9.17) is 9.47 Å². The molecule has 0 N–H and O–H groups in total. The number of aromatic nitrogens is 2. The van der Waals surface area contributed by atoms with E-state index < -0.39 is 0 Å². The smallest absolute Gasteiger partial charge is 0.215 e. The average Bonchev–Trinajstić information content (AvgIpc) is 2.88. The Morgan fingerprint density at radius 3 is 2.52 bits per heavy atom. The minimum absolute atomic E-state index is 0.566. The topological polar surface area (TPSA) is 50.7 Å². The third kappa shape index (κ3) is 5.11. The van der Waals surface area contributed by atoms with Gasteiger partial charge in [0, 0.05) is 55.0 Å². The van der Waals surface area contributed by atoms with Gasteiger partial charge < -0.3 is 14.4 Å². The van der Waals surface area contributed by atoms with E-state index in [-0.39, 0.29) is 0 Å². The van der Waals surface area contributed by atoms with E-state index in [2.05, 4.69) is 50.1 Å². The Morgan fingerprint density at radius 2 is 1.67 bits per heavy atom. The zero-order chi connectivity index (χ0) is 22.5. The summed E-state index contributed by atoms with van der Waals surface area (Å²) in [6, 6.07) is 16.6. The number of pyridine rings is 2. The Hall–Kier alpha value is -3.12. The lowest BCUT2D eigenvalue weighted by Crippen LogP contribution is -2.45. The molecule has 1 saturated heterocycles. The molecule has 0 amide bonds. The number of piperazine rings is 1. The summed E-state index contributed by atoms with van der Waals surface area (Å²) in [6.45, 7) is 6.26. The first-order chi connectivity index (χ1) is 16.3. The Kier molecular flexibility index (Phi) is 6.72. The van der Waals surface area contributed by atoms with Gasteiger partial charge in [0.05, 0.1) is 13.7 Å². The Morgan fingerprint density at radius 1 is 0.879 bits per heavy atom. The van der Waals surface area contributed by atoms with Gasteiger partial charge in [-0.3, -0.25) is 4.90 Å². The first-order valence-electron chi connectivity index (χ1n) is 12.0. The standard InChI is InChI=1S/C27H32N4O2/c1-32-25-13-11-22-12-14-26(29-27(22)28-25)33-20-5-4-15-30-16-18-31(19-17-30)24-10-6-8-21-7-2-3-9-23(21)24/h2-3,7,9-14H,4-6,8,15-20H2,1H3. The van der Waals surface area contributed by atoms with Gasteiger partial charge in [-0.1, -0.05) is 30.3 Å². The molecule has 33 heavy (non-hydrogen) atoms. The van der Waals surface area contributed by atoms with E-state index in [0.717, 1.165) is 57.4 Å². The van der Waals surface area contributed by atoms with Crippen molar-refractivity contribution in [1.82, 2.24) is 19.8 Å². The number of fused-ring (bicyclic) bond motifs is 2. The number of allylic oxidation sites excluding steroid dienone is 1. The summed E-state index contributed by atoms with van der Waals surface area (Å²) < 4.78 is 11.1. The summed E-state index contributed by atoms with van der Waals surface area (Å²) in [5, 5.41) is 0.981. The molecule has 1 fully saturated rings. The van der Waals surface area contributed by atoms with Gasteiger partial charge in [0.15, 0.2) is 5.65 Å². The number of rotatable bonds is 8. The van der Waals surface area contributed by atoms with Crippen LogP contribution in [0, 0.1) is 0 Å². The first-order valence-corrected chi connectivity index (χ1v) is 12.0. The maximum atomic E-state index is 5.88. The van der Waals surface area contributed by atoms with Crippen molar-refractivity contribution >= 4 is 16.7 Å². The average molecular weight is 445 g/mol. The molecule has 3 aromatic rings. The van der Waals surface area contributed by atoms with Gasteiger partial charge in [-0.05, 0) is 49.9 Å². The largest absolute Gasteiger partial charge is 0.481 e. The summed E-state index contributed by atoms with van der Waals surface area (Å²) in [7, 11) is 1.61. The molecule has 2 aromatic heterocycles. The van der Waals surface area contributed by atoms with Crippen LogP contribution in [-0.2, 0) is 6.42 Å². The van der Waals surface area contributed by atoms with Gasteiger partial charge in [-0.2, -0.15) is 9.97 Å². The Bertz CT molecular complexity index is 1120. The number of unbranched alkanes of at least 4 members (excludes halogenated alkanes) is 1. The summed E-state index contributed by atoms with van der Waals surface area (Å²) in [5.74, 6) is 1.19. The van der Waals surface area contributed by atoms with Gasteiger partial charge in [0.2, 0.25) is 11.8 Å². The molecule has 1 aliphatic heterocycles. The van der Waals surface area contributed by atoms with Crippen molar-refractivity contribution in [2.24, 2.45) is 0 Å². The van der Waals surface area contributed by atoms with E-state index >= 15 is 0 Å². The molecule has 172 valence electrons. The summed E-state index contributed by atoms with van der Waals surface area (Å²) in [5.41, 5.74) is 5.03. The second kappa shape index (κ2) is 10.2. The van der Waals surface area contributed by atoms with Crippen molar-refractivity contribution < 1.29 is 9.47 Å². The van der Waals surface area contributed by atoms with E-state index in [1.807, 2.05) is 24.3 Å². The van der Waals surface area contributed by atoms with Crippen LogP contribution in [-0.4, -0.2) is 66.2 Å². The first kappa shape index (κ1) is 21.7. The van der Waals surface area contributed by atoms with Crippen molar-refractivity contribution in [2.75, 3.05) is 46.4 Å². The lowest BCUT2D eigenvalue weighted by atomic mass is 9.94. The van der Waals surface area contributed by atoms with Crippen molar-refractivity contribution in [2.45, 2.75) is 25.7 Å². The highest BCUT2D eigenvalue weighted by Crippen LogP contribution is 2.29. The van der Waals surface area contributed by atoms with Gasteiger partial charge in [0.1, 0.15) is 0 Å². The predicted molar refractivity (Wildman–Crippen MR) is 132 cm³/mol. The molecule has 0 atom stereocenters. The fourth-order valence-corrected chi connectivity index (χ4v) is 4.75. The third-order valence-electron chi connectivity index (χ3n) is 6.59. The van der Waals surface area contributed by atoms with Crippen LogP contribution in [0.25, 0.3) is 16.7 Å². The van der Waals surface area contributed by atoms with Crippen LogP contribution in [0.1, 0.15) is 30.4 Å². The molecule has 0 spiro atoms. The van der Waals surface area contributed by atoms with Crippen LogP contribution in [0.2, 0.25) is 0 Å². The van der Waals surface area contributed by atoms with Crippen LogP contribution in [0.5, 0.6) is 11.8 Å². The van der Waals surface area contributed by atoms with Crippen LogP contribution < -0.4 is 9.47 Å². The molecule has 0 saturated carbocycles. The van der Waals surface area contributed by atoms with Crippen LogP contribution >= 0.6 is 0 Å². The molecule has 0 bridgehead atoms. The lowest BCUT2D eigenvalue weighted by molar-refractivity contribution is 0.169. The monoisotopic (exact) mass is 444 g/mol. The highest BCUT2D eigenvalue weighted by molar-refractivity contribution is 5.75. The second-order valence-electron chi connectivity index (χ2n) is 8.72. The van der Waals surface area contributed by atoms with Crippen LogP contribution in [0.4, 0.5) is 0 Å². The molecular formula is C27H32N4O2. The van der Waals surface area contributed by atoms with Crippen molar-refractivity contribution in [3.05, 3.63) is 65.7 Å². The molecule has 1 aromatic carbocycles. The molecule has 3 heterocycles. The van der Waals surface area contributed by atoms with E-state index in [1.54, 1.807) is 7.11 Å². The highest BCUT2D eigenvalue weighted by atomic mass is 16.5. The minimum Gasteiger partial charge on any atom is -0.481 e. The molecule has 6 nitrogen and oxygen atoms in total. The molecule has 5 rings (SSSR count). The quantitative estimate of drug-likeness (QED) is 0.480. The number of nitrogens with zero attached hydrogens (tertiary/aromatic N) is 4. The molecular weight excluding hydrogens is 412 g/mol. The van der Waals surface area contributed by atoms with E-state index in [1.165, 1.54) is 23.2 Å². The zero-order valence-electron chi connectivity index (χ0n) is 19.4. The van der Waals surface area contributed by atoms with Crippen molar-refractivity contribution in [1.29, 1.82) is 0 Å². The Balaban J connectivity index is 1.04.